The molecule has 18 heavy (non-hydrogen) atoms. The molecule has 1 heterocycles. The van der Waals surface area contributed by atoms with Gasteiger partial charge in [0.05, 0.1) is 0 Å². The molecule has 0 aliphatic carbocycles. The Morgan fingerprint density at radius 2 is 1.78 bits per heavy atom. The van der Waals surface area contributed by atoms with Crippen LogP contribution in [0, 0.1) is 5.82 Å². The van der Waals surface area contributed by atoms with Crippen molar-refractivity contribution >= 4 is 16.7 Å². The smallest absolute Gasteiger partial charge is 0.128 e. The fraction of sp³-hybridized carbons (Fsp3) is 0.0667. The van der Waals surface area contributed by atoms with E-state index in [1.807, 2.05) is 36.4 Å². The maximum absolute atomic E-state index is 13.4. The van der Waals surface area contributed by atoms with Gasteiger partial charge in [-0.3, -0.25) is 0 Å². The number of para-hydroxylation sites is 1. The number of hydrogen-bond donors (Lipinski definition) is 2. The minimum atomic E-state index is -0.180. The normalized spacial score (nSPS) is 10.7. The number of hydrogen-bond acceptors (Lipinski definition) is 1. The summed E-state index contributed by atoms with van der Waals surface area (Å²) >= 11 is 0. The number of aromatic nitrogens is 1. The van der Waals surface area contributed by atoms with Crippen LogP contribution in [-0.2, 0) is 6.54 Å². The van der Waals surface area contributed by atoms with Crippen molar-refractivity contribution in [1.29, 1.82) is 0 Å². The molecule has 0 fully saturated rings. The number of rotatable bonds is 3. The van der Waals surface area contributed by atoms with Gasteiger partial charge in [-0.1, -0.05) is 36.4 Å². The van der Waals surface area contributed by atoms with Crippen molar-refractivity contribution in [2.45, 2.75) is 6.54 Å². The van der Waals surface area contributed by atoms with Gasteiger partial charge in [0.2, 0.25) is 0 Å². The monoisotopic (exact) mass is 240 g/mol. The zero-order valence-corrected chi connectivity index (χ0v) is 9.78. The maximum Gasteiger partial charge on any atom is 0.128 e. The van der Waals surface area contributed by atoms with E-state index in [-0.39, 0.29) is 5.82 Å². The number of H-pyrrole nitrogens is 1. The van der Waals surface area contributed by atoms with Gasteiger partial charge < -0.3 is 10.3 Å². The Morgan fingerprint density at radius 3 is 2.61 bits per heavy atom. The maximum atomic E-state index is 13.4. The predicted octanol–water partition coefficient (Wildman–Crippen LogP) is 3.92. The van der Waals surface area contributed by atoms with Crippen LogP contribution in [0.3, 0.4) is 0 Å². The van der Waals surface area contributed by atoms with E-state index >= 15 is 0 Å². The molecular formula is C15H13FN2. The molecule has 0 unspecified atom stereocenters. The quantitative estimate of drug-likeness (QED) is 0.713. The van der Waals surface area contributed by atoms with Crippen LogP contribution in [0.2, 0.25) is 0 Å². The predicted molar refractivity (Wildman–Crippen MR) is 72.0 cm³/mol. The third-order valence-electron chi connectivity index (χ3n) is 2.96. The lowest BCUT2D eigenvalue weighted by Crippen LogP contribution is -2.01. The molecule has 3 rings (SSSR count). The number of nitrogens with one attached hydrogen (secondary N) is 2. The molecule has 90 valence electrons. The minimum absolute atomic E-state index is 0.180. The topological polar surface area (TPSA) is 27.8 Å². The van der Waals surface area contributed by atoms with Gasteiger partial charge in [0.15, 0.2) is 0 Å². The van der Waals surface area contributed by atoms with Crippen molar-refractivity contribution in [3.05, 3.63) is 66.0 Å². The van der Waals surface area contributed by atoms with E-state index in [0.29, 0.717) is 12.1 Å². The molecule has 2 aromatic carbocycles. The highest BCUT2D eigenvalue weighted by Crippen LogP contribution is 2.19. The van der Waals surface area contributed by atoms with Crippen LogP contribution >= 0.6 is 0 Å². The Labute approximate surface area is 104 Å². The molecule has 0 spiro atoms. The first-order valence-corrected chi connectivity index (χ1v) is 5.88. The van der Waals surface area contributed by atoms with Gasteiger partial charge in [0, 0.05) is 23.0 Å². The van der Waals surface area contributed by atoms with E-state index in [1.54, 1.807) is 12.1 Å². The summed E-state index contributed by atoms with van der Waals surface area (Å²) in [5, 5.41) is 4.34. The number of fused-ring (bicyclic) bond motifs is 1. The summed E-state index contributed by atoms with van der Waals surface area (Å²) in [5.74, 6) is 0.723. The molecule has 0 aliphatic heterocycles. The molecule has 0 saturated carbocycles. The van der Waals surface area contributed by atoms with Crippen molar-refractivity contribution in [1.82, 2.24) is 4.98 Å². The van der Waals surface area contributed by atoms with Crippen LogP contribution in [0.25, 0.3) is 10.9 Å². The molecule has 0 amide bonds. The summed E-state index contributed by atoms with van der Waals surface area (Å²) in [5.41, 5.74) is 1.74. The Hall–Kier alpha value is -2.29. The SMILES string of the molecule is Fc1ccccc1CNc1cc2ccccc2[nH]1. The molecule has 3 aromatic rings. The van der Waals surface area contributed by atoms with Crippen molar-refractivity contribution in [2.24, 2.45) is 0 Å². The minimum Gasteiger partial charge on any atom is -0.367 e. The summed E-state index contributed by atoms with van der Waals surface area (Å²) < 4.78 is 13.4. The molecular weight excluding hydrogens is 227 g/mol. The van der Waals surface area contributed by atoms with Crippen molar-refractivity contribution in [2.75, 3.05) is 5.32 Å². The first kappa shape index (κ1) is 10.8. The van der Waals surface area contributed by atoms with Gasteiger partial charge in [-0.15, -0.1) is 0 Å². The lowest BCUT2D eigenvalue weighted by atomic mass is 10.2. The van der Waals surface area contributed by atoms with Crippen LogP contribution in [-0.4, -0.2) is 4.98 Å². The Morgan fingerprint density at radius 1 is 1.00 bits per heavy atom. The van der Waals surface area contributed by atoms with Crippen molar-refractivity contribution in [3.8, 4) is 0 Å². The average molecular weight is 240 g/mol. The Balaban J connectivity index is 1.79. The highest BCUT2D eigenvalue weighted by molar-refractivity contribution is 5.83. The molecule has 0 bridgehead atoms. The van der Waals surface area contributed by atoms with Gasteiger partial charge in [0.25, 0.3) is 0 Å². The lowest BCUT2D eigenvalue weighted by Gasteiger charge is -2.04. The van der Waals surface area contributed by atoms with Crippen molar-refractivity contribution < 1.29 is 4.39 Å². The fourth-order valence-corrected chi connectivity index (χ4v) is 2.00. The van der Waals surface area contributed by atoms with Gasteiger partial charge in [-0.25, -0.2) is 4.39 Å². The highest BCUT2D eigenvalue weighted by atomic mass is 19.1. The van der Waals surface area contributed by atoms with Gasteiger partial charge in [0.1, 0.15) is 11.6 Å². The first-order valence-electron chi connectivity index (χ1n) is 5.88. The number of benzene rings is 2. The summed E-state index contributed by atoms with van der Waals surface area (Å²) in [6.07, 6.45) is 0. The third-order valence-corrected chi connectivity index (χ3v) is 2.96. The lowest BCUT2D eigenvalue weighted by molar-refractivity contribution is 0.613. The van der Waals surface area contributed by atoms with E-state index in [1.165, 1.54) is 6.07 Å². The van der Waals surface area contributed by atoms with Gasteiger partial charge in [-0.2, -0.15) is 0 Å². The van der Waals surface area contributed by atoms with Crippen LogP contribution in [0.5, 0.6) is 0 Å². The Kier molecular flexibility index (Phi) is 2.73. The van der Waals surface area contributed by atoms with E-state index in [2.05, 4.69) is 10.3 Å². The largest absolute Gasteiger partial charge is 0.367 e. The Bertz CT molecular complexity index is 640. The molecule has 2 N–H and O–H groups in total. The number of halogens is 1. The standard InChI is InChI=1S/C15H13FN2/c16-13-7-3-1-6-12(13)10-17-15-9-11-5-2-4-8-14(11)18-15/h1-9,17-18H,10H2. The zero-order valence-electron chi connectivity index (χ0n) is 9.78. The number of anilines is 1. The third kappa shape index (κ3) is 2.07. The van der Waals surface area contributed by atoms with Gasteiger partial charge in [-0.05, 0) is 18.2 Å². The summed E-state index contributed by atoms with van der Waals surface area (Å²) in [6, 6.07) is 16.9. The molecule has 2 nitrogen and oxygen atoms in total. The van der Waals surface area contributed by atoms with E-state index in [9.17, 15) is 4.39 Å². The van der Waals surface area contributed by atoms with Crippen LogP contribution in [0.15, 0.2) is 54.6 Å². The van der Waals surface area contributed by atoms with E-state index in [0.717, 1.165) is 16.7 Å². The summed E-state index contributed by atoms with van der Waals surface area (Å²) in [7, 11) is 0. The highest BCUT2D eigenvalue weighted by Gasteiger charge is 2.02. The number of aromatic amines is 1. The molecule has 0 radical (unpaired) electrons. The average Bonchev–Trinajstić information content (AvgIpc) is 2.80. The van der Waals surface area contributed by atoms with E-state index < -0.39 is 0 Å². The van der Waals surface area contributed by atoms with Gasteiger partial charge >= 0.3 is 0 Å². The van der Waals surface area contributed by atoms with E-state index in [4.69, 9.17) is 0 Å². The fourth-order valence-electron chi connectivity index (χ4n) is 2.00. The molecule has 0 saturated heterocycles. The van der Waals surface area contributed by atoms with Crippen LogP contribution in [0.4, 0.5) is 10.2 Å². The van der Waals surface area contributed by atoms with Crippen LogP contribution < -0.4 is 5.32 Å². The molecule has 0 aliphatic rings. The van der Waals surface area contributed by atoms with Crippen molar-refractivity contribution in [3.63, 3.8) is 0 Å². The molecule has 3 heteroatoms. The van der Waals surface area contributed by atoms with Crippen LogP contribution in [0.1, 0.15) is 5.56 Å². The summed E-state index contributed by atoms with van der Waals surface area (Å²) in [6.45, 7) is 0.472. The first-order chi connectivity index (χ1) is 8.83. The second-order valence-corrected chi connectivity index (χ2v) is 4.22. The molecule has 0 atom stereocenters. The second-order valence-electron chi connectivity index (χ2n) is 4.22. The summed E-state index contributed by atoms with van der Waals surface area (Å²) in [4.78, 5) is 3.25. The molecule has 1 aromatic heterocycles. The second kappa shape index (κ2) is 4.53. The zero-order chi connectivity index (χ0) is 12.4.